The van der Waals surface area contributed by atoms with Crippen LogP contribution in [-0.2, 0) is 30.5 Å². The minimum atomic E-state index is -1.17. The first kappa shape index (κ1) is 40.0. The monoisotopic (exact) mass is 749 g/mol. The molecule has 292 valence electrons. The molecule has 0 aliphatic heterocycles. The third kappa shape index (κ3) is 6.41. The molecule has 0 spiro atoms. The van der Waals surface area contributed by atoms with Crippen LogP contribution in [0.1, 0.15) is 139 Å². The average Bonchev–Trinajstić information content (AvgIpc) is 3.35. The third-order valence-electron chi connectivity index (χ3n) is 16.2. The van der Waals surface area contributed by atoms with Crippen molar-refractivity contribution in [2.24, 2.45) is 56.2 Å². The van der Waals surface area contributed by atoms with E-state index in [0.717, 1.165) is 62.5 Å². The van der Waals surface area contributed by atoms with Gasteiger partial charge in [-0.2, -0.15) is 0 Å². The SMILES string of the molecule is CC(=O)N(Cc1ccc(Cl)cc1)CC12CCC3(C)C(CCC4C5(C)CCC(OC(=O)CC(C)(C)C(=O)O)C(C)(C)C5CCC43C)C1=C(C(C)C)C(=O)C2. The summed E-state index contributed by atoms with van der Waals surface area (Å²) in [5, 5.41) is 10.3. The highest BCUT2D eigenvalue weighted by atomic mass is 35.5. The number of carbonyl (C=O) groups excluding carboxylic acids is 3. The number of fused-ring (bicyclic) bond motifs is 7. The number of carbonyl (C=O) groups is 4. The average molecular weight is 750 g/mol. The van der Waals surface area contributed by atoms with Crippen molar-refractivity contribution in [3.63, 3.8) is 0 Å². The maximum atomic E-state index is 14.2. The molecule has 0 bridgehead atoms. The summed E-state index contributed by atoms with van der Waals surface area (Å²) in [5.74, 6) is 0.162. The summed E-state index contributed by atoms with van der Waals surface area (Å²) in [6, 6.07) is 7.72. The number of nitrogens with zero attached hydrogens (tertiary/aromatic N) is 1. The van der Waals surface area contributed by atoms with Gasteiger partial charge >= 0.3 is 11.9 Å². The Balaban J connectivity index is 1.30. The fraction of sp³-hybridized carbons (Fsp3) is 0.733. The van der Waals surface area contributed by atoms with Gasteiger partial charge < -0.3 is 14.7 Å². The highest BCUT2D eigenvalue weighted by Gasteiger charge is 2.70. The zero-order valence-electron chi connectivity index (χ0n) is 34.0. The summed E-state index contributed by atoms with van der Waals surface area (Å²) in [5.41, 5.74) is 1.81. The molecule has 8 heteroatoms. The summed E-state index contributed by atoms with van der Waals surface area (Å²) < 4.78 is 6.17. The first-order valence-corrected chi connectivity index (χ1v) is 20.6. The number of carboxylic acids is 1. The largest absolute Gasteiger partial charge is 0.481 e. The van der Waals surface area contributed by atoms with Gasteiger partial charge in [0.15, 0.2) is 5.78 Å². The van der Waals surface area contributed by atoms with Crippen LogP contribution in [0, 0.1) is 56.2 Å². The van der Waals surface area contributed by atoms with Crippen molar-refractivity contribution < 1.29 is 29.0 Å². The number of allylic oxidation sites excluding steroid dienone is 1. The summed E-state index contributed by atoms with van der Waals surface area (Å²) in [7, 11) is 0. The Kier molecular flexibility index (Phi) is 10.2. The van der Waals surface area contributed by atoms with E-state index in [1.54, 1.807) is 20.8 Å². The van der Waals surface area contributed by atoms with Crippen LogP contribution in [0.25, 0.3) is 0 Å². The molecule has 8 unspecified atom stereocenters. The Labute approximate surface area is 323 Å². The van der Waals surface area contributed by atoms with Gasteiger partial charge in [0.2, 0.25) is 5.91 Å². The molecule has 5 aliphatic rings. The zero-order chi connectivity index (χ0) is 39.1. The van der Waals surface area contributed by atoms with Crippen molar-refractivity contribution in [2.75, 3.05) is 6.54 Å². The summed E-state index contributed by atoms with van der Waals surface area (Å²) in [6.07, 6.45) is 8.07. The molecule has 1 aromatic carbocycles. The lowest BCUT2D eigenvalue weighted by atomic mass is 9.33. The Morgan fingerprint density at radius 2 is 1.58 bits per heavy atom. The molecule has 0 saturated heterocycles. The predicted molar refractivity (Wildman–Crippen MR) is 208 cm³/mol. The molecule has 1 amide bonds. The van der Waals surface area contributed by atoms with Crippen molar-refractivity contribution in [3.8, 4) is 0 Å². The van der Waals surface area contributed by atoms with Gasteiger partial charge in [-0.05, 0) is 128 Å². The maximum Gasteiger partial charge on any atom is 0.309 e. The Morgan fingerprint density at radius 3 is 2.19 bits per heavy atom. The standard InChI is InChI=1S/C45H64ClNO6/c1-27(2)37-32(49)23-45(26-47(28(3)48)25-29-11-13-30(46)14-12-29)22-21-43(9)31(38(37)45)15-16-34-42(8)19-18-35(53-36(50)24-40(4,5)39(51)52)41(6,7)33(42)17-20-44(34,43)10/h11-14,27,31,33-35H,15-26H2,1-10H3,(H,51,52). The lowest BCUT2D eigenvalue weighted by Crippen LogP contribution is -2.66. The van der Waals surface area contributed by atoms with E-state index in [9.17, 15) is 24.3 Å². The fourth-order valence-electron chi connectivity index (χ4n) is 13.2. The summed E-state index contributed by atoms with van der Waals surface area (Å²) in [4.78, 5) is 54.3. The first-order chi connectivity index (χ1) is 24.5. The lowest BCUT2D eigenvalue weighted by Gasteiger charge is -2.72. The molecule has 53 heavy (non-hydrogen) atoms. The quantitative estimate of drug-likeness (QED) is 0.252. The third-order valence-corrected chi connectivity index (χ3v) is 16.4. The first-order valence-electron chi connectivity index (χ1n) is 20.2. The van der Waals surface area contributed by atoms with E-state index in [1.165, 1.54) is 5.57 Å². The summed E-state index contributed by atoms with van der Waals surface area (Å²) >= 11 is 6.19. The molecule has 0 aromatic heterocycles. The second-order valence-electron chi connectivity index (χ2n) is 20.2. The van der Waals surface area contributed by atoms with Crippen LogP contribution >= 0.6 is 11.6 Å². The summed E-state index contributed by atoms with van der Waals surface area (Å²) in [6.45, 7) is 22.4. The van der Waals surface area contributed by atoms with Crippen molar-refractivity contribution in [3.05, 3.63) is 46.0 Å². The van der Waals surface area contributed by atoms with E-state index in [1.807, 2.05) is 29.2 Å². The molecule has 4 saturated carbocycles. The van der Waals surface area contributed by atoms with Gasteiger partial charge in [0.1, 0.15) is 6.10 Å². The number of benzene rings is 1. The minimum Gasteiger partial charge on any atom is -0.481 e. The van der Waals surface area contributed by atoms with Crippen LogP contribution in [0.4, 0.5) is 0 Å². The number of Topliss-reactive ketones (excluding diaryl/α,β-unsaturated/α-hetero) is 1. The highest BCUT2D eigenvalue weighted by molar-refractivity contribution is 6.30. The van der Waals surface area contributed by atoms with Gasteiger partial charge in [-0.1, -0.05) is 77.8 Å². The van der Waals surface area contributed by atoms with Crippen LogP contribution in [0.15, 0.2) is 35.4 Å². The van der Waals surface area contributed by atoms with Crippen molar-refractivity contribution in [1.82, 2.24) is 4.90 Å². The van der Waals surface area contributed by atoms with Gasteiger partial charge in [0.05, 0.1) is 11.8 Å². The van der Waals surface area contributed by atoms with Crippen molar-refractivity contribution >= 4 is 35.2 Å². The van der Waals surface area contributed by atoms with E-state index in [-0.39, 0.29) is 63.1 Å². The maximum absolute atomic E-state index is 14.2. The number of ether oxygens (including phenoxy) is 1. The molecular weight excluding hydrogens is 686 g/mol. The molecule has 6 rings (SSSR count). The molecule has 4 fully saturated rings. The predicted octanol–water partition coefficient (Wildman–Crippen LogP) is 10.1. The Morgan fingerprint density at radius 1 is 0.925 bits per heavy atom. The van der Waals surface area contributed by atoms with Crippen LogP contribution in [0.3, 0.4) is 0 Å². The number of rotatable bonds is 9. The number of amides is 1. The molecule has 5 aliphatic carbocycles. The second-order valence-corrected chi connectivity index (χ2v) is 20.6. The van der Waals surface area contributed by atoms with E-state index < -0.39 is 17.4 Å². The molecule has 1 N–H and O–H groups in total. The molecule has 1 aromatic rings. The number of hydrogen-bond acceptors (Lipinski definition) is 5. The number of halogens is 1. The van der Waals surface area contributed by atoms with Gasteiger partial charge in [0.25, 0.3) is 0 Å². The van der Waals surface area contributed by atoms with Gasteiger partial charge in [-0.25, -0.2) is 0 Å². The van der Waals surface area contributed by atoms with Crippen LogP contribution in [-0.4, -0.2) is 46.3 Å². The second kappa shape index (κ2) is 13.5. The Hall–Kier alpha value is -2.67. The van der Waals surface area contributed by atoms with E-state index in [2.05, 4.69) is 48.5 Å². The van der Waals surface area contributed by atoms with Crippen molar-refractivity contribution in [1.29, 1.82) is 0 Å². The number of carboxylic acid groups (broad SMARTS) is 1. The molecular formula is C45H64ClNO6. The fourth-order valence-corrected chi connectivity index (χ4v) is 13.3. The lowest BCUT2D eigenvalue weighted by molar-refractivity contribution is -0.233. The topological polar surface area (TPSA) is 101 Å². The smallest absolute Gasteiger partial charge is 0.309 e. The van der Waals surface area contributed by atoms with Crippen molar-refractivity contribution in [2.45, 2.75) is 146 Å². The number of aliphatic carboxylic acids is 1. The minimum absolute atomic E-state index is 0.000590. The zero-order valence-corrected chi connectivity index (χ0v) is 34.8. The van der Waals surface area contributed by atoms with Gasteiger partial charge in [-0.3, -0.25) is 19.2 Å². The molecule has 0 heterocycles. The number of ketones is 1. The number of esters is 1. The van der Waals surface area contributed by atoms with E-state index >= 15 is 0 Å². The van der Waals surface area contributed by atoms with Gasteiger partial charge in [-0.15, -0.1) is 0 Å². The van der Waals surface area contributed by atoms with E-state index in [4.69, 9.17) is 16.3 Å². The van der Waals surface area contributed by atoms with Crippen LogP contribution in [0.2, 0.25) is 5.02 Å². The normalized spacial score (nSPS) is 36.3. The van der Waals surface area contributed by atoms with Gasteiger partial charge in [0, 0.05) is 42.3 Å². The van der Waals surface area contributed by atoms with Crippen LogP contribution < -0.4 is 0 Å². The molecule has 7 nitrogen and oxygen atoms in total. The molecule has 0 radical (unpaired) electrons. The van der Waals surface area contributed by atoms with Crippen LogP contribution in [0.5, 0.6) is 0 Å². The Bertz CT molecular complexity index is 1690. The van der Waals surface area contributed by atoms with E-state index in [0.29, 0.717) is 36.4 Å². The molecule has 8 atom stereocenters. The highest BCUT2D eigenvalue weighted by Crippen LogP contribution is 2.76. The number of hydrogen-bond donors (Lipinski definition) is 1.